The third kappa shape index (κ3) is 2.73. The molecule has 90 valence electrons. The highest BCUT2D eigenvalue weighted by molar-refractivity contribution is 9.10. The van der Waals surface area contributed by atoms with Gasteiger partial charge in [-0.15, -0.1) is 0 Å². The molecule has 0 aliphatic rings. The lowest BCUT2D eigenvalue weighted by Crippen LogP contribution is -1.93. The number of benzene rings is 1. The minimum Gasteiger partial charge on any atom is -0.392 e. The molecule has 2 aromatic rings. The Morgan fingerprint density at radius 1 is 1.47 bits per heavy atom. The first kappa shape index (κ1) is 12.7. The van der Waals surface area contributed by atoms with Crippen LogP contribution in [0.1, 0.15) is 11.3 Å². The van der Waals surface area contributed by atoms with Crippen molar-refractivity contribution in [3.63, 3.8) is 0 Å². The van der Waals surface area contributed by atoms with Gasteiger partial charge in [0, 0.05) is 22.0 Å². The van der Waals surface area contributed by atoms with Crippen molar-refractivity contribution in [2.24, 2.45) is 7.05 Å². The molecule has 0 unspecified atom stereocenters. The number of hydrogen-bond acceptors (Lipinski definition) is 3. The van der Waals surface area contributed by atoms with Crippen LogP contribution in [0.15, 0.2) is 38.7 Å². The van der Waals surface area contributed by atoms with Crippen molar-refractivity contribution in [1.29, 1.82) is 0 Å². The molecular weight excluding hydrogens is 300 g/mol. The van der Waals surface area contributed by atoms with E-state index in [0.29, 0.717) is 0 Å². The van der Waals surface area contributed by atoms with Gasteiger partial charge in [-0.25, -0.2) is 0 Å². The van der Waals surface area contributed by atoms with Crippen LogP contribution in [0.25, 0.3) is 0 Å². The Hall–Kier alpha value is -0.780. The summed E-state index contributed by atoms with van der Waals surface area (Å²) in [6.45, 7) is 1.94. The van der Waals surface area contributed by atoms with E-state index in [4.69, 9.17) is 0 Å². The Kier molecular flexibility index (Phi) is 3.91. The van der Waals surface area contributed by atoms with Crippen LogP contribution >= 0.6 is 27.7 Å². The van der Waals surface area contributed by atoms with E-state index < -0.39 is 0 Å². The monoisotopic (exact) mass is 312 g/mol. The van der Waals surface area contributed by atoms with Gasteiger partial charge in [0.25, 0.3) is 0 Å². The van der Waals surface area contributed by atoms with Crippen LogP contribution in [0.3, 0.4) is 0 Å². The van der Waals surface area contributed by atoms with Crippen LogP contribution < -0.4 is 0 Å². The normalized spacial score (nSPS) is 10.8. The molecule has 0 fully saturated rings. The molecular formula is C12H13BrN2OS. The average molecular weight is 313 g/mol. The summed E-state index contributed by atoms with van der Waals surface area (Å²) in [6, 6.07) is 8.08. The van der Waals surface area contributed by atoms with Gasteiger partial charge >= 0.3 is 0 Å². The summed E-state index contributed by atoms with van der Waals surface area (Å²) in [7, 11) is 1.90. The first-order valence-corrected chi connectivity index (χ1v) is 6.79. The topological polar surface area (TPSA) is 38.0 Å². The number of aliphatic hydroxyl groups is 1. The Bertz CT molecular complexity index is 539. The minimum atomic E-state index is 0.0238. The second-order valence-corrected chi connectivity index (χ2v) is 5.69. The number of aryl methyl sites for hydroxylation is 2. The number of hydrogen-bond donors (Lipinski definition) is 1. The molecule has 2 rings (SSSR count). The Balaban J connectivity index is 2.36. The van der Waals surface area contributed by atoms with E-state index in [0.717, 1.165) is 25.7 Å². The van der Waals surface area contributed by atoms with Crippen molar-refractivity contribution in [2.45, 2.75) is 23.5 Å². The minimum absolute atomic E-state index is 0.0238. The predicted octanol–water partition coefficient (Wildman–Crippen LogP) is 3.13. The molecule has 1 aromatic carbocycles. The van der Waals surface area contributed by atoms with Gasteiger partial charge < -0.3 is 5.11 Å². The van der Waals surface area contributed by atoms with Gasteiger partial charge in [-0.3, -0.25) is 4.68 Å². The Morgan fingerprint density at radius 2 is 2.24 bits per heavy atom. The lowest BCUT2D eigenvalue weighted by atomic mass is 10.3. The van der Waals surface area contributed by atoms with E-state index in [2.05, 4.69) is 21.0 Å². The van der Waals surface area contributed by atoms with Gasteiger partial charge in [-0.2, -0.15) is 5.10 Å². The summed E-state index contributed by atoms with van der Waals surface area (Å²) >= 11 is 5.06. The van der Waals surface area contributed by atoms with Gasteiger partial charge in [0.15, 0.2) is 0 Å². The molecule has 0 saturated heterocycles. The van der Waals surface area contributed by atoms with Crippen molar-refractivity contribution in [3.8, 4) is 0 Å². The summed E-state index contributed by atoms with van der Waals surface area (Å²) in [5.74, 6) is 0. The van der Waals surface area contributed by atoms with Crippen LogP contribution in [0.2, 0.25) is 0 Å². The molecule has 0 atom stereocenters. The van der Waals surface area contributed by atoms with E-state index in [-0.39, 0.29) is 6.61 Å². The van der Waals surface area contributed by atoms with E-state index in [1.807, 2.05) is 42.9 Å². The van der Waals surface area contributed by atoms with Crippen molar-refractivity contribution in [3.05, 3.63) is 40.0 Å². The van der Waals surface area contributed by atoms with E-state index in [1.165, 1.54) is 0 Å². The third-order valence-electron chi connectivity index (χ3n) is 2.46. The second kappa shape index (κ2) is 5.25. The molecule has 0 aliphatic heterocycles. The smallest absolute Gasteiger partial charge is 0.104 e. The van der Waals surface area contributed by atoms with Crippen molar-refractivity contribution >= 4 is 27.7 Å². The van der Waals surface area contributed by atoms with Crippen molar-refractivity contribution in [1.82, 2.24) is 9.78 Å². The first-order chi connectivity index (χ1) is 8.11. The average Bonchev–Trinajstić information content (AvgIpc) is 2.53. The summed E-state index contributed by atoms with van der Waals surface area (Å²) in [5.41, 5.74) is 1.78. The molecule has 0 bridgehead atoms. The number of aliphatic hydroxyl groups excluding tert-OH is 1. The summed E-state index contributed by atoms with van der Waals surface area (Å²) in [4.78, 5) is 1.12. The maximum atomic E-state index is 9.37. The lowest BCUT2D eigenvalue weighted by Gasteiger charge is -2.05. The number of aromatic nitrogens is 2. The van der Waals surface area contributed by atoms with Gasteiger partial charge in [0.1, 0.15) is 5.03 Å². The highest BCUT2D eigenvalue weighted by Crippen LogP contribution is 2.32. The zero-order chi connectivity index (χ0) is 12.4. The first-order valence-electron chi connectivity index (χ1n) is 5.18. The van der Waals surface area contributed by atoms with Crippen LogP contribution in [0.4, 0.5) is 0 Å². The van der Waals surface area contributed by atoms with Crippen LogP contribution in [0.5, 0.6) is 0 Å². The van der Waals surface area contributed by atoms with Gasteiger partial charge in [-0.1, -0.05) is 33.8 Å². The zero-order valence-corrected chi connectivity index (χ0v) is 12.0. The zero-order valence-electron chi connectivity index (χ0n) is 9.64. The molecule has 1 N–H and O–H groups in total. The molecule has 5 heteroatoms. The largest absolute Gasteiger partial charge is 0.392 e. The van der Waals surface area contributed by atoms with Crippen molar-refractivity contribution in [2.75, 3.05) is 0 Å². The fourth-order valence-electron chi connectivity index (χ4n) is 1.63. The summed E-state index contributed by atoms with van der Waals surface area (Å²) < 4.78 is 2.86. The highest BCUT2D eigenvalue weighted by Gasteiger charge is 2.13. The SMILES string of the molecule is Cc1nn(C)c(Sc2cccc(Br)c2)c1CO. The predicted molar refractivity (Wildman–Crippen MR) is 72.1 cm³/mol. The number of rotatable bonds is 3. The lowest BCUT2D eigenvalue weighted by molar-refractivity contribution is 0.277. The van der Waals surface area contributed by atoms with Crippen molar-refractivity contribution < 1.29 is 5.11 Å². The fourth-order valence-corrected chi connectivity index (χ4v) is 3.25. The van der Waals surface area contributed by atoms with Gasteiger partial charge in [-0.05, 0) is 25.1 Å². The maximum absolute atomic E-state index is 9.37. The van der Waals surface area contributed by atoms with Crippen LogP contribution in [0, 0.1) is 6.92 Å². The molecule has 17 heavy (non-hydrogen) atoms. The molecule has 0 aliphatic carbocycles. The van der Waals surface area contributed by atoms with E-state index in [1.54, 1.807) is 11.8 Å². The van der Waals surface area contributed by atoms with Gasteiger partial charge in [0.2, 0.25) is 0 Å². The maximum Gasteiger partial charge on any atom is 0.104 e. The number of halogens is 1. The summed E-state index contributed by atoms with van der Waals surface area (Å²) in [6.07, 6.45) is 0. The molecule has 0 radical (unpaired) electrons. The Labute approximate surface area is 113 Å². The Morgan fingerprint density at radius 3 is 2.88 bits per heavy atom. The molecule has 0 spiro atoms. The molecule has 0 saturated carbocycles. The van der Waals surface area contributed by atoms with Gasteiger partial charge in [0.05, 0.1) is 12.3 Å². The molecule has 0 amide bonds. The summed E-state index contributed by atoms with van der Waals surface area (Å²) in [5, 5.41) is 14.7. The van der Waals surface area contributed by atoms with E-state index in [9.17, 15) is 5.11 Å². The van der Waals surface area contributed by atoms with Crippen LogP contribution in [-0.4, -0.2) is 14.9 Å². The highest BCUT2D eigenvalue weighted by atomic mass is 79.9. The number of nitrogens with zero attached hydrogens (tertiary/aromatic N) is 2. The standard InChI is InChI=1S/C12H13BrN2OS/c1-8-11(7-16)12(15(2)14-8)17-10-5-3-4-9(13)6-10/h3-6,16H,7H2,1-2H3. The molecule has 3 nitrogen and oxygen atoms in total. The second-order valence-electron chi connectivity index (χ2n) is 3.71. The third-order valence-corrected chi connectivity index (χ3v) is 4.14. The quantitative estimate of drug-likeness (QED) is 0.946. The fraction of sp³-hybridized carbons (Fsp3) is 0.250. The molecule has 1 heterocycles. The van der Waals surface area contributed by atoms with E-state index >= 15 is 0 Å². The van der Waals surface area contributed by atoms with Crippen LogP contribution in [-0.2, 0) is 13.7 Å². The molecule has 1 aromatic heterocycles.